The van der Waals surface area contributed by atoms with Crippen LogP contribution < -0.4 is 9.47 Å². The second-order valence-corrected chi connectivity index (χ2v) is 7.44. The van der Waals surface area contributed by atoms with Gasteiger partial charge in [-0.3, -0.25) is 9.69 Å². The van der Waals surface area contributed by atoms with Crippen LogP contribution >= 0.6 is 11.8 Å². The summed E-state index contributed by atoms with van der Waals surface area (Å²) in [5, 5.41) is 0.548. The first-order chi connectivity index (χ1) is 15.0. The molecular formula is C23H24N2O5S. The molecular weight excluding hydrogens is 416 g/mol. The fourth-order valence-corrected chi connectivity index (χ4v) is 4.03. The minimum atomic E-state index is -0.403. The van der Waals surface area contributed by atoms with Crippen molar-refractivity contribution in [3.05, 3.63) is 58.5 Å². The Bertz CT molecular complexity index is 1050. The number of methoxy groups -OCH3 is 2. The minimum Gasteiger partial charge on any atom is -0.497 e. The Morgan fingerprint density at radius 2 is 1.94 bits per heavy atom. The summed E-state index contributed by atoms with van der Waals surface area (Å²) >= 11 is 1.28. The zero-order chi connectivity index (χ0) is 22.4. The van der Waals surface area contributed by atoms with Gasteiger partial charge in [-0.2, -0.15) is 0 Å². The second kappa shape index (κ2) is 10.2. The van der Waals surface area contributed by atoms with E-state index in [-0.39, 0.29) is 5.91 Å². The fourth-order valence-electron chi connectivity index (χ4n) is 2.98. The molecule has 0 spiro atoms. The predicted molar refractivity (Wildman–Crippen MR) is 122 cm³/mol. The summed E-state index contributed by atoms with van der Waals surface area (Å²) in [4.78, 5) is 31.7. The van der Waals surface area contributed by atoms with Crippen LogP contribution in [0.1, 0.15) is 29.8 Å². The Hall–Kier alpha value is -3.26. The van der Waals surface area contributed by atoms with Gasteiger partial charge in [0.2, 0.25) is 0 Å². The van der Waals surface area contributed by atoms with Gasteiger partial charge in [-0.1, -0.05) is 6.07 Å². The Morgan fingerprint density at radius 1 is 1.13 bits per heavy atom. The molecule has 3 rings (SSSR count). The van der Waals surface area contributed by atoms with Crippen molar-refractivity contribution in [2.75, 3.05) is 27.4 Å². The molecule has 0 atom stereocenters. The van der Waals surface area contributed by atoms with E-state index >= 15 is 0 Å². The monoisotopic (exact) mass is 440 g/mol. The maximum atomic E-state index is 12.9. The van der Waals surface area contributed by atoms with Crippen molar-refractivity contribution in [1.82, 2.24) is 4.90 Å². The molecule has 2 aromatic rings. The third-order valence-electron chi connectivity index (χ3n) is 4.51. The van der Waals surface area contributed by atoms with E-state index in [4.69, 9.17) is 14.2 Å². The van der Waals surface area contributed by atoms with Gasteiger partial charge in [-0.05, 0) is 62.0 Å². The number of nitrogens with zero attached hydrogens (tertiary/aromatic N) is 2. The van der Waals surface area contributed by atoms with Gasteiger partial charge < -0.3 is 14.2 Å². The van der Waals surface area contributed by atoms with E-state index in [2.05, 4.69) is 4.99 Å². The maximum Gasteiger partial charge on any atom is 0.338 e. The van der Waals surface area contributed by atoms with Crippen LogP contribution in [0.3, 0.4) is 0 Å². The summed E-state index contributed by atoms with van der Waals surface area (Å²) in [5.41, 5.74) is 1.75. The number of amidine groups is 1. The molecule has 1 amide bonds. The van der Waals surface area contributed by atoms with E-state index < -0.39 is 5.97 Å². The van der Waals surface area contributed by atoms with E-state index in [1.807, 2.05) is 19.1 Å². The van der Waals surface area contributed by atoms with Crippen molar-refractivity contribution in [2.24, 2.45) is 4.99 Å². The van der Waals surface area contributed by atoms with E-state index in [1.54, 1.807) is 62.5 Å². The van der Waals surface area contributed by atoms with Gasteiger partial charge in [0.05, 0.1) is 37.0 Å². The van der Waals surface area contributed by atoms with Crippen molar-refractivity contribution < 1.29 is 23.8 Å². The van der Waals surface area contributed by atoms with Gasteiger partial charge in [-0.15, -0.1) is 0 Å². The van der Waals surface area contributed by atoms with Crippen molar-refractivity contribution in [3.8, 4) is 11.5 Å². The summed E-state index contributed by atoms with van der Waals surface area (Å²) < 4.78 is 15.7. The lowest BCUT2D eigenvalue weighted by Gasteiger charge is -2.12. The molecule has 0 bridgehead atoms. The lowest BCUT2D eigenvalue weighted by atomic mass is 10.1. The van der Waals surface area contributed by atoms with Crippen molar-refractivity contribution in [3.63, 3.8) is 0 Å². The summed E-state index contributed by atoms with van der Waals surface area (Å²) in [6.45, 7) is 4.42. The first kappa shape index (κ1) is 22.4. The van der Waals surface area contributed by atoms with E-state index in [0.717, 1.165) is 5.56 Å². The van der Waals surface area contributed by atoms with Gasteiger partial charge in [0.25, 0.3) is 5.91 Å². The number of likely N-dealkylation sites (N-methyl/N-ethyl adjacent to an activating group) is 1. The molecule has 1 heterocycles. The number of ether oxygens (including phenoxy) is 3. The zero-order valence-corrected chi connectivity index (χ0v) is 18.7. The fraction of sp³-hybridized carbons (Fsp3) is 0.261. The maximum absolute atomic E-state index is 12.9. The molecule has 162 valence electrons. The number of hydrogen-bond acceptors (Lipinski definition) is 7. The van der Waals surface area contributed by atoms with Crippen LogP contribution in [0.25, 0.3) is 6.08 Å². The number of esters is 1. The zero-order valence-electron chi connectivity index (χ0n) is 17.9. The van der Waals surface area contributed by atoms with E-state index in [9.17, 15) is 9.59 Å². The largest absolute Gasteiger partial charge is 0.497 e. The number of carbonyl (C=O) groups is 2. The van der Waals surface area contributed by atoms with Gasteiger partial charge in [0.1, 0.15) is 11.5 Å². The Kier molecular flexibility index (Phi) is 7.36. The van der Waals surface area contributed by atoms with E-state index in [0.29, 0.717) is 46.0 Å². The summed E-state index contributed by atoms with van der Waals surface area (Å²) in [6, 6.07) is 12.3. The van der Waals surface area contributed by atoms with Gasteiger partial charge >= 0.3 is 5.97 Å². The highest BCUT2D eigenvalue weighted by atomic mass is 32.2. The van der Waals surface area contributed by atoms with Crippen molar-refractivity contribution in [1.29, 1.82) is 0 Å². The molecule has 7 nitrogen and oxygen atoms in total. The van der Waals surface area contributed by atoms with Crippen LogP contribution in [0, 0.1) is 0 Å². The van der Waals surface area contributed by atoms with Crippen LogP contribution in [0.4, 0.5) is 5.69 Å². The molecule has 1 fully saturated rings. The summed E-state index contributed by atoms with van der Waals surface area (Å²) in [6.07, 6.45) is 1.78. The molecule has 0 aliphatic carbocycles. The van der Waals surface area contributed by atoms with Crippen molar-refractivity contribution >= 4 is 40.6 Å². The second-order valence-electron chi connectivity index (χ2n) is 6.43. The topological polar surface area (TPSA) is 77.4 Å². The molecule has 1 aliphatic heterocycles. The number of benzene rings is 2. The lowest BCUT2D eigenvalue weighted by molar-refractivity contribution is -0.122. The number of aliphatic imine (C=N–C) groups is 1. The number of carbonyl (C=O) groups excluding carboxylic acids is 2. The molecule has 0 N–H and O–H groups in total. The van der Waals surface area contributed by atoms with Gasteiger partial charge in [0, 0.05) is 18.2 Å². The average Bonchev–Trinajstić information content (AvgIpc) is 3.08. The molecule has 2 aromatic carbocycles. The number of amides is 1. The highest BCUT2D eigenvalue weighted by Gasteiger charge is 2.32. The molecule has 0 aromatic heterocycles. The van der Waals surface area contributed by atoms with Crippen LogP contribution in [-0.4, -0.2) is 49.3 Å². The quantitative estimate of drug-likeness (QED) is 0.466. The predicted octanol–water partition coefficient (Wildman–Crippen LogP) is 4.50. The standard InChI is InChI=1S/C23H24N2O5S/c1-5-25-21(26)20(13-15-10-11-18(28-3)14-19(15)29-4)31-23(25)24-17-9-7-8-16(12-17)22(27)30-6-2/h7-14H,5-6H2,1-4H3. The third kappa shape index (κ3) is 5.08. The molecule has 1 aliphatic rings. The van der Waals surface area contributed by atoms with Crippen molar-refractivity contribution in [2.45, 2.75) is 13.8 Å². The highest BCUT2D eigenvalue weighted by molar-refractivity contribution is 8.18. The number of thioether (sulfide) groups is 1. The molecule has 0 unspecified atom stereocenters. The Balaban J connectivity index is 1.93. The Morgan fingerprint density at radius 3 is 2.61 bits per heavy atom. The smallest absolute Gasteiger partial charge is 0.338 e. The number of rotatable bonds is 7. The van der Waals surface area contributed by atoms with Crippen LogP contribution in [-0.2, 0) is 9.53 Å². The van der Waals surface area contributed by atoms with E-state index in [1.165, 1.54) is 11.8 Å². The molecule has 0 radical (unpaired) electrons. The summed E-state index contributed by atoms with van der Waals surface area (Å²) in [5.74, 6) is 0.740. The minimum absolute atomic E-state index is 0.134. The first-order valence-corrected chi connectivity index (χ1v) is 10.6. The normalized spacial score (nSPS) is 16.1. The highest BCUT2D eigenvalue weighted by Crippen LogP contribution is 2.36. The third-order valence-corrected chi connectivity index (χ3v) is 5.52. The SMILES string of the molecule is CCOC(=O)c1cccc(N=C2SC(=Cc3ccc(OC)cc3OC)C(=O)N2CC)c1. The first-order valence-electron chi connectivity index (χ1n) is 9.80. The van der Waals surface area contributed by atoms with Crippen LogP contribution in [0.5, 0.6) is 11.5 Å². The van der Waals surface area contributed by atoms with Crippen LogP contribution in [0.15, 0.2) is 52.4 Å². The van der Waals surface area contributed by atoms with Crippen LogP contribution in [0.2, 0.25) is 0 Å². The molecule has 1 saturated heterocycles. The molecule has 31 heavy (non-hydrogen) atoms. The molecule has 0 saturated carbocycles. The van der Waals surface area contributed by atoms with Gasteiger partial charge in [0.15, 0.2) is 5.17 Å². The lowest BCUT2D eigenvalue weighted by Crippen LogP contribution is -2.28. The Labute approximate surface area is 185 Å². The van der Waals surface area contributed by atoms with Gasteiger partial charge in [-0.25, -0.2) is 9.79 Å². The number of hydrogen-bond donors (Lipinski definition) is 0. The molecule has 8 heteroatoms. The summed E-state index contributed by atoms with van der Waals surface area (Å²) in [7, 11) is 3.16. The average molecular weight is 441 g/mol.